The summed E-state index contributed by atoms with van der Waals surface area (Å²) in [6.45, 7) is 4.59. The molecular formula is C25H28FN5O2S. The SMILES string of the molecule is CC(C)CCN(c1cn2nc(-c3ccc(F)cc3)c(-c3ncc[nH]3)c2cc1C1CC1)S(C)(=O)=O. The predicted octanol–water partition coefficient (Wildman–Crippen LogP) is 5.22. The number of pyridine rings is 1. The molecule has 0 aliphatic heterocycles. The number of sulfonamides is 1. The lowest BCUT2D eigenvalue weighted by Crippen LogP contribution is -2.32. The summed E-state index contributed by atoms with van der Waals surface area (Å²) in [7, 11) is -3.48. The number of benzene rings is 1. The van der Waals surface area contributed by atoms with Crippen molar-refractivity contribution in [2.24, 2.45) is 5.92 Å². The van der Waals surface area contributed by atoms with Gasteiger partial charge >= 0.3 is 0 Å². The van der Waals surface area contributed by atoms with Crippen molar-refractivity contribution in [3.63, 3.8) is 0 Å². The zero-order valence-corrected chi connectivity index (χ0v) is 20.3. The average Bonchev–Trinajstić information content (AvgIpc) is 3.34. The Morgan fingerprint density at radius 2 is 1.97 bits per heavy atom. The highest BCUT2D eigenvalue weighted by molar-refractivity contribution is 7.92. The van der Waals surface area contributed by atoms with Crippen molar-refractivity contribution in [3.8, 4) is 22.6 Å². The fourth-order valence-electron chi connectivity index (χ4n) is 4.31. The molecule has 0 spiro atoms. The quantitative estimate of drug-likeness (QED) is 0.374. The zero-order chi connectivity index (χ0) is 24.0. The number of nitrogens with zero attached hydrogens (tertiary/aromatic N) is 4. The van der Waals surface area contributed by atoms with Gasteiger partial charge in [-0.25, -0.2) is 22.3 Å². The molecule has 1 aliphatic rings. The third-order valence-corrected chi connectivity index (χ3v) is 7.41. The first kappa shape index (κ1) is 22.6. The molecule has 0 unspecified atom stereocenters. The summed E-state index contributed by atoms with van der Waals surface area (Å²) in [5, 5.41) is 4.82. The van der Waals surface area contributed by atoms with Gasteiger partial charge in [0.1, 0.15) is 17.3 Å². The summed E-state index contributed by atoms with van der Waals surface area (Å²) in [6, 6.07) is 8.25. The highest BCUT2D eigenvalue weighted by Crippen LogP contribution is 2.47. The van der Waals surface area contributed by atoms with E-state index in [1.807, 2.05) is 6.20 Å². The zero-order valence-electron chi connectivity index (χ0n) is 19.5. The Hall–Kier alpha value is -3.20. The fraction of sp³-hybridized carbons (Fsp3) is 0.360. The standard InChI is InChI=1S/C25H28FN5O2S/c1-16(2)10-13-31(34(3,32)33)22-15-30-21(14-20(22)17-4-5-17)23(25-27-11-12-28-25)24(29-30)18-6-8-19(26)9-7-18/h6-9,11-12,14-17H,4-5,10,13H2,1-3H3,(H,27,28). The lowest BCUT2D eigenvalue weighted by atomic mass is 10.0. The van der Waals surface area contributed by atoms with Crippen LogP contribution in [0.15, 0.2) is 48.9 Å². The van der Waals surface area contributed by atoms with Crippen LogP contribution in [0.4, 0.5) is 10.1 Å². The molecule has 34 heavy (non-hydrogen) atoms. The molecular weight excluding hydrogens is 453 g/mol. The Labute approximate surface area is 198 Å². The van der Waals surface area contributed by atoms with Crippen LogP contribution in [0.1, 0.15) is 44.6 Å². The Morgan fingerprint density at radius 3 is 2.56 bits per heavy atom. The third-order valence-electron chi connectivity index (χ3n) is 6.23. The summed E-state index contributed by atoms with van der Waals surface area (Å²) >= 11 is 0. The molecule has 0 atom stereocenters. The van der Waals surface area contributed by atoms with Crippen molar-refractivity contribution in [1.82, 2.24) is 19.6 Å². The monoisotopic (exact) mass is 481 g/mol. The van der Waals surface area contributed by atoms with Crippen molar-refractivity contribution in [2.45, 2.75) is 39.0 Å². The number of aromatic nitrogens is 4. The van der Waals surface area contributed by atoms with E-state index < -0.39 is 10.0 Å². The number of rotatable bonds is 8. The van der Waals surface area contributed by atoms with Crippen molar-refractivity contribution < 1.29 is 12.8 Å². The lowest BCUT2D eigenvalue weighted by molar-refractivity contribution is 0.571. The van der Waals surface area contributed by atoms with Gasteiger partial charge in [0.15, 0.2) is 0 Å². The molecule has 0 amide bonds. The van der Waals surface area contributed by atoms with E-state index in [9.17, 15) is 12.8 Å². The van der Waals surface area contributed by atoms with Crippen LogP contribution in [0.5, 0.6) is 0 Å². The number of fused-ring (bicyclic) bond motifs is 1. The first-order chi connectivity index (χ1) is 16.2. The molecule has 1 aromatic carbocycles. The maximum absolute atomic E-state index is 13.6. The van der Waals surface area contributed by atoms with Gasteiger partial charge in [-0.3, -0.25) is 4.31 Å². The van der Waals surface area contributed by atoms with Crippen LogP contribution in [-0.4, -0.2) is 40.8 Å². The van der Waals surface area contributed by atoms with Crippen molar-refractivity contribution >= 4 is 21.2 Å². The van der Waals surface area contributed by atoms with Crippen LogP contribution in [0.3, 0.4) is 0 Å². The van der Waals surface area contributed by atoms with Crippen LogP contribution in [0, 0.1) is 11.7 Å². The summed E-state index contributed by atoms with van der Waals surface area (Å²) in [6.07, 6.45) is 9.33. The highest BCUT2D eigenvalue weighted by Gasteiger charge is 2.32. The van der Waals surface area contributed by atoms with Gasteiger partial charge in [-0.1, -0.05) is 13.8 Å². The molecule has 5 rings (SSSR count). The van der Waals surface area contributed by atoms with Gasteiger partial charge in [0.25, 0.3) is 0 Å². The number of hydrogen-bond donors (Lipinski definition) is 1. The van der Waals surface area contributed by atoms with Gasteiger partial charge in [-0.15, -0.1) is 0 Å². The largest absolute Gasteiger partial charge is 0.344 e. The van der Waals surface area contributed by atoms with E-state index >= 15 is 0 Å². The predicted molar refractivity (Wildman–Crippen MR) is 132 cm³/mol. The van der Waals surface area contributed by atoms with E-state index in [1.54, 1.807) is 29.0 Å². The number of hydrogen-bond acceptors (Lipinski definition) is 4. The normalized spacial score (nSPS) is 14.3. The number of H-pyrrole nitrogens is 1. The summed E-state index contributed by atoms with van der Waals surface area (Å²) in [5.41, 5.74) is 4.74. The van der Waals surface area contributed by atoms with Gasteiger partial charge in [0.2, 0.25) is 10.0 Å². The second-order valence-electron chi connectivity index (χ2n) is 9.40. The minimum atomic E-state index is -3.48. The number of halogens is 1. The van der Waals surface area contributed by atoms with Gasteiger partial charge in [0, 0.05) is 24.5 Å². The second-order valence-corrected chi connectivity index (χ2v) is 11.3. The molecule has 1 N–H and O–H groups in total. The van der Waals surface area contributed by atoms with Crippen LogP contribution in [-0.2, 0) is 10.0 Å². The Balaban J connectivity index is 1.75. The van der Waals surface area contributed by atoms with Crippen LogP contribution in [0.25, 0.3) is 28.2 Å². The summed E-state index contributed by atoms with van der Waals surface area (Å²) in [5.74, 6) is 1.03. The van der Waals surface area contributed by atoms with E-state index in [2.05, 4.69) is 29.9 Å². The molecule has 1 fully saturated rings. The van der Waals surface area contributed by atoms with Crippen LogP contribution >= 0.6 is 0 Å². The third kappa shape index (κ3) is 4.32. The van der Waals surface area contributed by atoms with Crippen LogP contribution in [0.2, 0.25) is 0 Å². The van der Waals surface area contributed by atoms with Crippen molar-refractivity contribution in [1.29, 1.82) is 0 Å². The van der Waals surface area contributed by atoms with E-state index in [-0.39, 0.29) is 5.82 Å². The van der Waals surface area contributed by atoms with E-state index in [4.69, 9.17) is 5.10 Å². The van der Waals surface area contributed by atoms with Gasteiger partial charge in [-0.05, 0) is 67.0 Å². The Kier molecular flexibility index (Phi) is 5.67. The number of aromatic amines is 1. The van der Waals surface area contributed by atoms with E-state index in [1.165, 1.54) is 22.7 Å². The molecule has 3 aromatic heterocycles. The Morgan fingerprint density at radius 1 is 1.24 bits per heavy atom. The topological polar surface area (TPSA) is 83.4 Å². The fourth-order valence-corrected chi connectivity index (χ4v) is 5.26. The molecule has 0 saturated heterocycles. The summed E-state index contributed by atoms with van der Waals surface area (Å²) in [4.78, 5) is 7.63. The first-order valence-corrected chi connectivity index (χ1v) is 13.4. The van der Waals surface area contributed by atoms with Crippen LogP contribution < -0.4 is 4.31 Å². The maximum atomic E-state index is 13.6. The smallest absolute Gasteiger partial charge is 0.232 e. The molecule has 3 heterocycles. The van der Waals surface area contributed by atoms with E-state index in [0.29, 0.717) is 35.6 Å². The van der Waals surface area contributed by atoms with E-state index in [0.717, 1.165) is 41.5 Å². The number of nitrogens with one attached hydrogen (secondary N) is 1. The number of imidazole rings is 1. The van der Waals surface area contributed by atoms with Gasteiger partial charge in [-0.2, -0.15) is 5.10 Å². The number of anilines is 1. The Bertz CT molecular complexity index is 1420. The van der Waals surface area contributed by atoms with Gasteiger partial charge in [0.05, 0.1) is 29.2 Å². The molecule has 0 bridgehead atoms. The first-order valence-electron chi connectivity index (χ1n) is 11.5. The molecule has 1 saturated carbocycles. The molecule has 9 heteroatoms. The molecule has 0 radical (unpaired) electrons. The average molecular weight is 482 g/mol. The minimum absolute atomic E-state index is 0.317. The molecule has 178 valence electrons. The highest BCUT2D eigenvalue weighted by atomic mass is 32.2. The minimum Gasteiger partial charge on any atom is -0.344 e. The molecule has 1 aliphatic carbocycles. The molecule has 4 aromatic rings. The maximum Gasteiger partial charge on any atom is 0.232 e. The molecule has 7 nitrogen and oxygen atoms in total. The van der Waals surface area contributed by atoms with Crippen molar-refractivity contribution in [3.05, 3.63) is 60.3 Å². The van der Waals surface area contributed by atoms with Gasteiger partial charge < -0.3 is 4.98 Å². The second kappa shape index (κ2) is 8.54. The van der Waals surface area contributed by atoms with Crippen molar-refractivity contribution in [2.75, 3.05) is 17.1 Å². The lowest BCUT2D eigenvalue weighted by Gasteiger charge is -2.26. The summed E-state index contributed by atoms with van der Waals surface area (Å²) < 4.78 is 42.5.